The Balaban J connectivity index is 1.39. The molecule has 49 heavy (non-hydrogen) atoms. The summed E-state index contributed by atoms with van der Waals surface area (Å²) in [6.45, 7) is 26.9. The summed E-state index contributed by atoms with van der Waals surface area (Å²) in [6, 6.07) is 3.60. The van der Waals surface area contributed by atoms with Gasteiger partial charge in [-0.25, -0.2) is 9.59 Å². The van der Waals surface area contributed by atoms with Crippen LogP contribution in [0.15, 0.2) is 5.16 Å². The van der Waals surface area contributed by atoms with Crippen molar-refractivity contribution in [1.82, 2.24) is 9.80 Å². The molecule has 282 valence electrons. The van der Waals surface area contributed by atoms with Crippen LogP contribution >= 0.6 is 0 Å². The predicted molar refractivity (Wildman–Crippen MR) is 202 cm³/mol. The molecular weight excluding hydrogens is 631 g/mol. The summed E-state index contributed by atoms with van der Waals surface area (Å²) >= 11 is 0. The van der Waals surface area contributed by atoms with Crippen molar-refractivity contribution in [3.8, 4) is 0 Å². The Morgan fingerprint density at radius 1 is 0.857 bits per heavy atom. The first kappa shape index (κ1) is 40.2. The Kier molecular flexibility index (Phi) is 12.4. The zero-order valence-electron chi connectivity index (χ0n) is 33.7. The Hall–Kier alpha value is -1.61. The van der Waals surface area contributed by atoms with Crippen LogP contribution in [0.3, 0.4) is 0 Å². The number of hydrogen-bond donors (Lipinski definition) is 0. The van der Waals surface area contributed by atoms with Gasteiger partial charge in [-0.15, -0.1) is 0 Å². The van der Waals surface area contributed by atoms with Gasteiger partial charge in [0.1, 0.15) is 5.60 Å². The maximum absolute atomic E-state index is 13.3. The second-order valence-corrected chi connectivity index (χ2v) is 23.3. The van der Waals surface area contributed by atoms with E-state index in [1.54, 1.807) is 11.9 Å². The molecule has 0 radical (unpaired) electrons. The van der Waals surface area contributed by atoms with Crippen molar-refractivity contribution in [2.75, 3.05) is 20.1 Å². The van der Waals surface area contributed by atoms with Gasteiger partial charge in [0, 0.05) is 32.1 Å². The Labute approximate surface area is 300 Å². The molecule has 0 aromatic rings. The number of carbonyl (C=O) groups is 2. The highest BCUT2D eigenvalue weighted by atomic mass is 28.4. The molecule has 8 atom stereocenters. The fourth-order valence-corrected chi connectivity index (χ4v) is 14.3. The minimum Gasteiger partial charge on any atom is -0.444 e. The number of rotatable bonds is 11. The molecule has 0 aromatic carbocycles. The molecule has 4 fully saturated rings. The number of amides is 2. The molecule has 4 rings (SSSR count). The van der Waals surface area contributed by atoms with Gasteiger partial charge in [0.05, 0.1) is 11.3 Å². The molecule has 0 spiro atoms. The van der Waals surface area contributed by atoms with Crippen molar-refractivity contribution in [2.45, 2.75) is 176 Å². The normalized spacial score (nSPS) is 34.9. The average molecular weight is 704 g/mol. The molecular formula is C40H73N3O5Si. The van der Waals surface area contributed by atoms with E-state index in [9.17, 15) is 9.59 Å². The van der Waals surface area contributed by atoms with Crippen LogP contribution in [0, 0.1) is 40.4 Å². The number of ether oxygens (including phenoxy) is 1. The molecule has 0 bridgehead atoms. The smallest absolute Gasteiger partial charge is 0.436 e. The number of likely N-dealkylation sites (N-methyl/N-ethyl adjacent to an activating group) is 1. The molecule has 8 nitrogen and oxygen atoms in total. The van der Waals surface area contributed by atoms with Crippen molar-refractivity contribution >= 4 is 26.2 Å². The van der Waals surface area contributed by atoms with Gasteiger partial charge in [-0.05, 0) is 159 Å². The summed E-state index contributed by atoms with van der Waals surface area (Å²) in [5.41, 5.74) is 1.04. The highest BCUT2D eigenvalue weighted by Crippen LogP contribution is 2.68. The quantitative estimate of drug-likeness (QED) is 0.0926. The predicted octanol–water partition coefficient (Wildman–Crippen LogP) is 10.5. The fraction of sp³-hybridized carbons (Fsp3) is 0.925. The molecule has 1 unspecified atom stereocenters. The maximum Gasteiger partial charge on any atom is 0.436 e. The largest absolute Gasteiger partial charge is 0.444 e. The third kappa shape index (κ3) is 8.39. The molecule has 0 saturated heterocycles. The minimum absolute atomic E-state index is 0.0527. The summed E-state index contributed by atoms with van der Waals surface area (Å²) < 4.78 is 12.7. The second kappa shape index (κ2) is 15.2. The van der Waals surface area contributed by atoms with Crippen molar-refractivity contribution in [3.05, 3.63) is 0 Å². The summed E-state index contributed by atoms with van der Waals surface area (Å²) in [4.78, 5) is 34.5. The van der Waals surface area contributed by atoms with Gasteiger partial charge in [-0.3, -0.25) is 4.84 Å². The van der Waals surface area contributed by atoms with Gasteiger partial charge in [0.25, 0.3) is 0 Å². The summed E-state index contributed by atoms with van der Waals surface area (Å²) in [7, 11) is 0.0417. The van der Waals surface area contributed by atoms with Crippen LogP contribution in [0.4, 0.5) is 9.59 Å². The van der Waals surface area contributed by atoms with Crippen LogP contribution < -0.4 is 0 Å². The lowest BCUT2D eigenvalue weighted by Crippen LogP contribution is -2.57. The van der Waals surface area contributed by atoms with Crippen LogP contribution in [0.25, 0.3) is 0 Å². The van der Waals surface area contributed by atoms with E-state index in [1.807, 2.05) is 34.6 Å². The van der Waals surface area contributed by atoms with E-state index in [0.29, 0.717) is 30.3 Å². The van der Waals surface area contributed by atoms with Gasteiger partial charge < -0.3 is 19.0 Å². The molecule has 0 heterocycles. The number of hydrogen-bond acceptors (Lipinski definition) is 6. The highest BCUT2D eigenvalue weighted by Gasteiger charge is 2.61. The standard InChI is InChI=1S/C40H73N3O5Si/c1-14-49(15-2,16-3)48-38(10)23-24-39(11)30(27-38)17-18-31-33-20-19-32(40(33,12)22-21-34(31)39)29(6)41-47-36(45)43(28(4)5)26-25-42(13)35(44)46-37(7,8)9/h28,30-34H,14-27H2,1-13H3/b41-29+/t30?,31-,32+,33-,34-,38+,39-,40+/m0/s1. The highest BCUT2D eigenvalue weighted by molar-refractivity contribution is 6.73. The minimum atomic E-state index is -1.65. The summed E-state index contributed by atoms with van der Waals surface area (Å²) in [5, 5.41) is 4.52. The first-order valence-electron chi connectivity index (χ1n) is 19.9. The number of nitrogens with zero attached hydrogens (tertiary/aromatic N) is 3. The van der Waals surface area contributed by atoms with Crippen LogP contribution in [-0.4, -0.2) is 73.4 Å². The van der Waals surface area contributed by atoms with Gasteiger partial charge in [-0.2, -0.15) is 0 Å². The van der Waals surface area contributed by atoms with Crippen LogP contribution in [0.2, 0.25) is 18.1 Å². The zero-order valence-corrected chi connectivity index (χ0v) is 34.7. The molecule has 9 heteroatoms. The van der Waals surface area contributed by atoms with E-state index >= 15 is 0 Å². The lowest BCUT2D eigenvalue weighted by atomic mass is 9.44. The van der Waals surface area contributed by atoms with Crippen molar-refractivity contribution in [2.24, 2.45) is 45.6 Å². The molecule has 0 aliphatic heterocycles. The third-order valence-corrected chi connectivity index (χ3v) is 19.1. The molecule has 4 aliphatic carbocycles. The van der Waals surface area contributed by atoms with Gasteiger partial charge >= 0.3 is 12.2 Å². The Morgan fingerprint density at radius 3 is 2.08 bits per heavy atom. The van der Waals surface area contributed by atoms with Crippen molar-refractivity contribution in [3.63, 3.8) is 0 Å². The monoisotopic (exact) mass is 704 g/mol. The lowest BCUT2D eigenvalue weighted by molar-refractivity contribution is -0.140. The first-order chi connectivity index (χ1) is 22.8. The van der Waals surface area contributed by atoms with E-state index in [1.165, 1.54) is 74.4 Å². The number of carbonyl (C=O) groups excluding carboxylic acids is 2. The van der Waals surface area contributed by atoms with Crippen molar-refractivity contribution < 1.29 is 23.6 Å². The molecule has 2 amide bonds. The van der Waals surface area contributed by atoms with Crippen molar-refractivity contribution in [1.29, 1.82) is 0 Å². The Morgan fingerprint density at radius 2 is 1.49 bits per heavy atom. The zero-order chi connectivity index (χ0) is 36.6. The van der Waals surface area contributed by atoms with Gasteiger partial charge in [0.2, 0.25) is 0 Å². The molecule has 0 N–H and O–H groups in total. The van der Waals surface area contributed by atoms with E-state index in [0.717, 1.165) is 29.9 Å². The average Bonchev–Trinajstić information content (AvgIpc) is 3.39. The van der Waals surface area contributed by atoms with Crippen LogP contribution in [0.1, 0.15) is 141 Å². The van der Waals surface area contributed by atoms with Crippen LogP contribution in [0.5, 0.6) is 0 Å². The van der Waals surface area contributed by atoms with Crippen LogP contribution in [-0.2, 0) is 14.0 Å². The summed E-state index contributed by atoms with van der Waals surface area (Å²) in [6.07, 6.45) is 10.5. The Bertz CT molecular complexity index is 1190. The second-order valence-electron chi connectivity index (χ2n) is 18.6. The molecule has 0 aromatic heterocycles. The first-order valence-corrected chi connectivity index (χ1v) is 22.5. The lowest BCUT2D eigenvalue weighted by Gasteiger charge is -2.62. The molecule has 4 aliphatic rings. The van der Waals surface area contributed by atoms with Gasteiger partial charge in [-0.1, -0.05) is 39.8 Å². The van der Waals surface area contributed by atoms with E-state index in [2.05, 4.69) is 53.6 Å². The van der Waals surface area contributed by atoms with E-state index in [-0.39, 0.29) is 17.1 Å². The van der Waals surface area contributed by atoms with E-state index < -0.39 is 26.1 Å². The number of fused-ring (bicyclic) bond motifs is 5. The maximum atomic E-state index is 13.3. The van der Waals surface area contributed by atoms with E-state index in [4.69, 9.17) is 14.0 Å². The number of oxime groups is 1. The van der Waals surface area contributed by atoms with Gasteiger partial charge in [0.15, 0.2) is 8.32 Å². The fourth-order valence-electron chi connectivity index (χ4n) is 11.2. The molecule has 4 saturated carbocycles. The SMILES string of the molecule is CC[Si](CC)(CC)O[C@]1(C)CC[C@@]2(C)C(CC[C@H]3[C@@H]4CC[C@H](/C(C)=N/OC(=O)N(CCN(C)C(=O)OC(C)(C)C)C(C)C)[C@@]4(C)CC[C@@H]32)C1. The topological polar surface area (TPSA) is 80.7 Å². The third-order valence-electron chi connectivity index (χ3n) is 14.3. The summed E-state index contributed by atoms with van der Waals surface area (Å²) in [5.74, 6) is 3.38.